The van der Waals surface area contributed by atoms with Crippen molar-refractivity contribution in [3.05, 3.63) is 99.9 Å². The van der Waals surface area contributed by atoms with Crippen LogP contribution in [0.2, 0.25) is 5.02 Å². The zero-order chi connectivity index (χ0) is 32.5. The van der Waals surface area contributed by atoms with Crippen molar-refractivity contribution in [2.45, 2.75) is 13.8 Å². The van der Waals surface area contributed by atoms with Gasteiger partial charge in [-0.05, 0) is 31.1 Å². The Morgan fingerprint density at radius 2 is 1.85 bits per heavy atom. The Balaban J connectivity index is 1.16. The minimum Gasteiger partial charge on any atom is -0.354 e. The number of para-hydroxylation sites is 1. The molecule has 13 heteroatoms. The summed E-state index contributed by atoms with van der Waals surface area (Å²) in [6, 6.07) is 7.35. The Morgan fingerprint density at radius 1 is 1.07 bits per heavy atom. The van der Waals surface area contributed by atoms with Crippen molar-refractivity contribution >= 4 is 57.2 Å². The first-order valence-electron chi connectivity index (χ1n) is 15.1. The molecule has 3 heterocycles. The molecular weight excluding hydrogens is 622 g/mol. The van der Waals surface area contributed by atoms with Gasteiger partial charge in [0.05, 0.1) is 23.5 Å². The van der Waals surface area contributed by atoms with E-state index in [1.807, 2.05) is 79.5 Å². The first-order chi connectivity index (χ1) is 22.3. The molecule has 0 radical (unpaired) electrons. The number of nitrogens with two attached hydrogens (primary N) is 1. The maximum Gasteiger partial charge on any atom is 0.267 e. The molecule has 1 fully saturated rings. The smallest absolute Gasteiger partial charge is 0.267 e. The Morgan fingerprint density at radius 3 is 2.63 bits per heavy atom. The van der Waals surface area contributed by atoms with Gasteiger partial charge < -0.3 is 26.2 Å². The number of allylic oxidation sites excluding steroid dienone is 6. The summed E-state index contributed by atoms with van der Waals surface area (Å²) in [5, 5.41) is 7.12. The number of anilines is 4. The standard InChI is InChI=1S/C33H38ClN9O2S/c1-23-9-8-12-26(34)31(23)40-32(45)27-20-36-33(46-27)39-28-19-29(38-24(2)37-28)42-17-15-41(16-18-42)22-30(44)43(14-13-35)21-25-10-6-4-3-5-7-11-25/h3-12,19-20H,13-18,21-22,35H2,1-2H3,(H,40,45)(H,36,37,38,39)/b4-3-,5-3?,6-4?,7-5-,10-6?,11-7?,25-10?,25-11?. The number of nitrogens with zero attached hydrogens (tertiary/aromatic N) is 6. The zero-order valence-corrected chi connectivity index (χ0v) is 27.5. The number of benzene rings is 1. The van der Waals surface area contributed by atoms with Gasteiger partial charge >= 0.3 is 0 Å². The molecule has 1 aliphatic carbocycles. The Hall–Kier alpha value is -4.36. The van der Waals surface area contributed by atoms with E-state index in [0.29, 0.717) is 71.6 Å². The van der Waals surface area contributed by atoms with Gasteiger partial charge in [-0.2, -0.15) is 0 Å². The molecule has 0 atom stereocenters. The fourth-order valence-corrected chi connectivity index (χ4v) is 6.08. The number of halogens is 1. The summed E-state index contributed by atoms with van der Waals surface area (Å²) >= 11 is 7.50. The molecule has 0 spiro atoms. The number of piperazine rings is 1. The van der Waals surface area contributed by atoms with Crippen LogP contribution in [0.1, 0.15) is 21.1 Å². The van der Waals surface area contributed by atoms with Crippen LogP contribution in [-0.2, 0) is 4.79 Å². The fourth-order valence-electron chi connectivity index (χ4n) is 5.10. The van der Waals surface area contributed by atoms with Crippen LogP contribution < -0.4 is 21.3 Å². The molecule has 1 aliphatic heterocycles. The summed E-state index contributed by atoms with van der Waals surface area (Å²) in [6.45, 7) is 8.38. The number of amides is 2. The van der Waals surface area contributed by atoms with Crippen LogP contribution in [0, 0.1) is 13.8 Å². The van der Waals surface area contributed by atoms with Crippen LogP contribution in [0.25, 0.3) is 0 Å². The highest BCUT2D eigenvalue weighted by Gasteiger charge is 2.23. The molecule has 11 nitrogen and oxygen atoms in total. The monoisotopic (exact) mass is 659 g/mol. The summed E-state index contributed by atoms with van der Waals surface area (Å²) in [6.07, 6.45) is 15.4. The maximum absolute atomic E-state index is 13.3. The quantitative estimate of drug-likeness (QED) is 0.268. The van der Waals surface area contributed by atoms with E-state index in [2.05, 4.69) is 35.4 Å². The van der Waals surface area contributed by atoms with Crippen LogP contribution in [0.5, 0.6) is 0 Å². The highest BCUT2D eigenvalue weighted by Crippen LogP contribution is 2.28. The van der Waals surface area contributed by atoms with E-state index in [1.54, 1.807) is 6.07 Å². The van der Waals surface area contributed by atoms with Crippen LogP contribution in [0.15, 0.2) is 78.6 Å². The lowest BCUT2D eigenvalue weighted by Gasteiger charge is -2.36. The maximum atomic E-state index is 13.3. The minimum absolute atomic E-state index is 0.0673. The molecule has 0 bridgehead atoms. The van der Waals surface area contributed by atoms with E-state index < -0.39 is 0 Å². The van der Waals surface area contributed by atoms with Crippen LogP contribution in [0.4, 0.5) is 22.5 Å². The van der Waals surface area contributed by atoms with E-state index in [4.69, 9.17) is 17.3 Å². The highest BCUT2D eigenvalue weighted by molar-refractivity contribution is 7.17. The average molecular weight is 660 g/mol. The molecule has 46 heavy (non-hydrogen) atoms. The van der Waals surface area contributed by atoms with E-state index in [-0.39, 0.29) is 11.8 Å². The van der Waals surface area contributed by atoms with Crippen molar-refractivity contribution in [1.29, 1.82) is 0 Å². The number of carbonyl (C=O) groups excluding carboxylic acids is 2. The molecule has 1 saturated heterocycles. The lowest BCUT2D eigenvalue weighted by molar-refractivity contribution is -0.132. The molecule has 240 valence electrons. The van der Waals surface area contributed by atoms with Gasteiger partial charge in [0, 0.05) is 51.9 Å². The van der Waals surface area contributed by atoms with Crippen LogP contribution in [-0.4, -0.2) is 88.9 Å². The van der Waals surface area contributed by atoms with Crippen LogP contribution in [0.3, 0.4) is 0 Å². The Bertz CT molecular complexity index is 1650. The summed E-state index contributed by atoms with van der Waals surface area (Å²) in [5.41, 5.74) is 8.37. The largest absolute Gasteiger partial charge is 0.354 e. The fraction of sp³-hybridized carbons (Fsp3) is 0.303. The third-order valence-electron chi connectivity index (χ3n) is 7.49. The van der Waals surface area contributed by atoms with Gasteiger partial charge in [0.25, 0.3) is 5.91 Å². The van der Waals surface area contributed by atoms with Gasteiger partial charge in [-0.3, -0.25) is 14.5 Å². The van der Waals surface area contributed by atoms with Gasteiger partial charge in [-0.25, -0.2) is 15.0 Å². The van der Waals surface area contributed by atoms with Crippen molar-refractivity contribution in [3.63, 3.8) is 0 Å². The second-order valence-corrected chi connectivity index (χ2v) is 12.4. The minimum atomic E-state index is -0.285. The average Bonchev–Trinajstić information content (AvgIpc) is 3.48. The first kappa shape index (κ1) is 33.0. The predicted molar refractivity (Wildman–Crippen MR) is 186 cm³/mol. The number of nitrogens with one attached hydrogen (secondary N) is 2. The van der Waals surface area contributed by atoms with E-state index in [0.717, 1.165) is 30.0 Å². The van der Waals surface area contributed by atoms with E-state index in [9.17, 15) is 9.59 Å². The number of aromatic nitrogens is 3. The van der Waals surface area contributed by atoms with E-state index >= 15 is 0 Å². The van der Waals surface area contributed by atoms with Crippen molar-refractivity contribution in [2.75, 3.05) is 67.9 Å². The normalized spacial score (nSPS) is 16.3. The number of aryl methyl sites for hydroxylation is 2. The summed E-state index contributed by atoms with van der Waals surface area (Å²) in [4.78, 5) is 46.4. The third-order valence-corrected chi connectivity index (χ3v) is 8.72. The molecule has 2 aliphatic rings. The third kappa shape index (κ3) is 8.88. The molecule has 1 aromatic carbocycles. The topological polar surface area (TPSA) is 133 Å². The van der Waals surface area contributed by atoms with Gasteiger partial charge in [0.1, 0.15) is 22.3 Å². The Labute approximate surface area is 278 Å². The second kappa shape index (κ2) is 15.8. The zero-order valence-electron chi connectivity index (χ0n) is 25.9. The SMILES string of the molecule is Cc1nc(Nc2ncc(C(=O)Nc3c(C)cccc3Cl)s2)cc(N2CCN(CC(=O)N(CCN)CC3=C/C=C\C=C/C=C3)CC2)n1. The van der Waals surface area contributed by atoms with Crippen molar-refractivity contribution in [2.24, 2.45) is 5.73 Å². The van der Waals surface area contributed by atoms with Gasteiger partial charge in [-0.1, -0.05) is 77.6 Å². The van der Waals surface area contributed by atoms with Crippen LogP contribution >= 0.6 is 22.9 Å². The second-order valence-electron chi connectivity index (χ2n) is 10.9. The molecule has 0 saturated carbocycles. The lowest BCUT2D eigenvalue weighted by atomic mass is 10.1. The molecule has 2 aromatic heterocycles. The summed E-state index contributed by atoms with van der Waals surface area (Å²) in [5.74, 6) is 1.77. The molecule has 2 amide bonds. The first-order valence-corrected chi connectivity index (χ1v) is 16.3. The molecule has 0 unspecified atom stereocenters. The van der Waals surface area contributed by atoms with Crippen molar-refractivity contribution < 1.29 is 9.59 Å². The Kier molecular flexibility index (Phi) is 11.3. The summed E-state index contributed by atoms with van der Waals surface area (Å²) in [7, 11) is 0. The number of thiazole rings is 1. The lowest BCUT2D eigenvalue weighted by Crippen LogP contribution is -2.51. The van der Waals surface area contributed by atoms with Gasteiger partial charge in [0.15, 0.2) is 5.13 Å². The van der Waals surface area contributed by atoms with Gasteiger partial charge in [-0.15, -0.1) is 0 Å². The van der Waals surface area contributed by atoms with Crippen molar-refractivity contribution in [1.82, 2.24) is 24.8 Å². The predicted octanol–water partition coefficient (Wildman–Crippen LogP) is 4.72. The number of hydrogen-bond acceptors (Lipinski definition) is 10. The molecule has 5 rings (SSSR count). The molecule has 3 aromatic rings. The number of carbonyl (C=O) groups is 2. The summed E-state index contributed by atoms with van der Waals surface area (Å²) < 4.78 is 0. The van der Waals surface area contributed by atoms with E-state index in [1.165, 1.54) is 17.5 Å². The number of rotatable bonds is 11. The number of hydrogen-bond donors (Lipinski definition) is 3. The highest BCUT2D eigenvalue weighted by atomic mass is 35.5. The molecule has 4 N–H and O–H groups in total. The molecular formula is C33H38ClN9O2S. The van der Waals surface area contributed by atoms with Crippen molar-refractivity contribution in [3.8, 4) is 0 Å². The van der Waals surface area contributed by atoms with Gasteiger partial charge in [0.2, 0.25) is 5.91 Å².